The molecule has 2 rings (SSSR count). The molecule has 0 heterocycles. The van der Waals surface area contributed by atoms with Gasteiger partial charge in [-0.1, -0.05) is 33.3 Å². The summed E-state index contributed by atoms with van der Waals surface area (Å²) in [6.45, 7) is 14.4. The molecular formula is C30H45F2N5O2. The Labute approximate surface area is 232 Å². The Hall–Kier alpha value is -3.46. The van der Waals surface area contributed by atoms with Crippen LogP contribution < -0.4 is 20.7 Å². The number of amides is 2. The quantitative estimate of drug-likeness (QED) is 0.226. The van der Waals surface area contributed by atoms with Crippen LogP contribution in [0, 0.1) is 5.82 Å². The molecular weight excluding hydrogens is 500 g/mol. The Morgan fingerprint density at radius 1 is 1.10 bits per heavy atom. The lowest BCUT2D eigenvalue weighted by molar-refractivity contribution is 0.200. The van der Waals surface area contributed by atoms with Crippen molar-refractivity contribution in [2.45, 2.75) is 59.5 Å². The molecule has 7 nitrogen and oxygen atoms in total. The van der Waals surface area contributed by atoms with E-state index in [0.29, 0.717) is 41.7 Å². The third kappa shape index (κ3) is 13.8. The van der Waals surface area contributed by atoms with Gasteiger partial charge in [0.25, 0.3) is 0 Å². The van der Waals surface area contributed by atoms with Crippen molar-refractivity contribution < 1.29 is 18.3 Å². The minimum absolute atomic E-state index is 0.217. The van der Waals surface area contributed by atoms with Crippen molar-refractivity contribution in [3.63, 3.8) is 0 Å². The highest BCUT2D eigenvalue weighted by molar-refractivity contribution is 5.90. The van der Waals surface area contributed by atoms with Gasteiger partial charge in [0.15, 0.2) is 0 Å². The average molecular weight is 546 g/mol. The molecule has 0 radical (unpaired) electrons. The standard InChI is InChI=1S/C26H35F2N5O2.C4H10/c1-7-29-23-17-21(35-15-14-33(5)6)16-22(27)24(23)18(2)31-19-8-10-20(11-9-19)32-25(34)30-13-12-26(3,4)28;1-3-4-2/h7-11,16-17,31H,2,12-15H2,1,3-6H3,(H2,30,32,34);3-4H2,1-2H3. The molecule has 0 spiro atoms. The van der Waals surface area contributed by atoms with Crippen LogP contribution in [-0.2, 0) is 0 Å². The van der Waals surface area contributed by atoms with Crippen molar-refractivity contribution in [1.29, 1.82) is 0 Å². The molecule has 0 aliphatic rings. The number of alkyl halides is 1. The zero-order chi connectivity index (χ0) is 29.4. The number of urea groups is 1. The summed E-state index contributed by atoms with van der Waals surface area (Å²) in [5, 5.41) is 8.38. The number of benzene rings is 2. The molecule has 2 aromatic rings. The van der Waals surface area contributed by atoms with E-state index in [-0.39, 0.29) is 18.5 Å². The summed E-state index contributed by atoms with van der Waals surface area (Å²) in [7, 11) is 3.87. The second kappa shape index (κ2) is 17.2. The molecule has 0 aliphatic heterocycles. The summed E-state index contributed by atoms with van der Waals surface area (Å²) in [4.78, 5) is 18.2. The van der Waals surface area contributed by atoms with Gasteiger partial charge in [-0.05, 0) is 65.6 Å². The predicted octanol–water partition coefficient (Wildman–Crippen LogP) is 7.64. The first-order chi connectivity index (χ1) is 18.4. The number of aliphatic imine (C=N–C) groups is 1. The van der Waals surface area contributed by atoms with Crippen molar-refractivity contribution in [3.05, 3.63) is 54.4 Å². The second-order valence-corrected chi connectivity index (χ2v) is 9.87. The Morgan fingerprint density at radius 3 is 2.21 bits per heavy atom. The summed E-state index contributed by atoms with van der Waals surface area (Å²) < 4.78 is 34.2. The summed E-state index contributed by atoms with van der Waals surface area (Å²) in [6, 6.07) is 9.42. The molecule has 0 unspecified atom stereocenters. The lowest BCUT2D eigenvalue weighted by Gasteiger charge is -2.16. The number of hydrogen-bond acceptors (Lipinski definition) is 5. The zero-order valence-electron chi connectivity index (χ0n) is 24.5. The molecule has 3 N–H and O–H groups in total. The first-order valence-corrected chi connectivity index (χ1v) is 13.3. The molecule has 2 aromatic carbocycles. The SMILES string of the molecule is C=C(Nc1ccc(NC(=O)NCCC(C)(C)F)cc1)c1c(F)cc(OCCN(C)C)cc1N=CC.CCCC. The summed E-state index contributed by atoms with van der Waals surface area (Å²) >= 11 is 0. The molecule has 0 saturated heterocycles. The fourth-order valence-electron chi connectivity index (χ4n) is 3.06. The van der Waals surface area contributed by atoms with E-state index in [1.165, 1.54) is 32.8 Å². The van der Waals surface area contributed by atoms with Crippen LogP contribution in [0.2, 0.25) is 0 Å². The van der Waals surface area contributed by atoms with Crippen molar-refractivity contribution in [3.8, 4) is 5.75 Å². The number of ether oxygens (including phenoxy) is 1. The Bertz CT molecular complexity index is 1060. The van der Waals surface area contributed by atoms with Crippen LogP contribution in [0.4, 0.5) is 30.6 Å². The molecule has 0 bridgehead atoms. The molecule has 39 heavy (non-hydrogen) atoms. The number of nitrogens with one attached hydrogen (secondary N) is 3. The second-order valence-electron chi connectivity index (χ2n) is 9.87. The van der Waals surface area contributed by atoms with Gasteiger partial charge in [-0.15, -0.1) is 0 Å². The highest BCUT2D eigenvalue weighted by Crippen LogP contribution is 2.33. The maximum absolute atomic E-state index is 15.0. The monoisotopic (exact) mass is 545 g/mol. The number of carbonyl (C=O) groups excluding carboxylic acids is 1. The van der Waals surface area contributed by atoms with E-state index >= 15 is 4.39 Å². The maximum Gasteiger partial charge on any atom is 0.319 e. The van der Waals surface area contributed by atoms with Crippen molar-refractivity contribution in [2.24, 2.45) is 4.99 Å². The predicted molar refractivity (Wildman–Crippen MR) is 161 cm³/mol. The Kier molecular flexibility index (Phi) is 14.8. The number of carbonyl (C=O) groups is 1. The van der Waals surface area contributed by atoms with Gasteiger partial charge in [0.05, 0.1) is 11.3 Å². The van der Waals surface area contributed by atoms with Gasteiger partial charge >= 0.3 is 6.03 Å². The first-order valence-electron chi connectivity index (χ1n) is 13.3. The lowest BCUT2D eigenvalue weighted by atomic mass is 10.1. The highest BCUT2D eigenvalue weighted by atomic mass is 19.1. The van der Waals surface area contributed by atoms with Gasteiger partial charge in [-0.25, -0.2) is 13.6 Å². The Balaban J connectivity index is 0.00000177. The van der Waals surface area contributed by atoms with Gasteiger partial charge in [-0.3, -0.25) is 4.99 Å². The number of anilines is 2. The summed E-state index contributed by atoms with van der Waals surface area (Å²) in [6.07, 6.45) is 4.43. The van der Waals surface area contributed by atoms with Crippen LogP contribution >= 0.6 is 0 Å². The van der Waals surface area contributed by atoms with Gasteiger partial charge < -0.3 is 25.6 Å². The van der Waals surface area contributed by atoms with E-state index in [9.17, 15) is 9.18 Å². The maximum atomic E-state index is 15.0. The number of unbranched alkanes of at least 4 members (excludes halogenated alkanes) is 1. The Morgan fingerprint density at radius 2 is 1.69 bits per heavy atom. The van der Waals surface area contributed by atoms with Crippen LogP contribution in [0.15, 0.2) is 48.0 Å². The molecule has 0 aliphatic carbocycles. The molecule has 2 amide bonds. The molecule has 216 valence electrons. The molecule has 9 heteroatoms. The molecule has 0 fully saturated rings. The van der Waals surface area contributed by atoms with Crippen molar-refractivity contribution in [2.75, 3.05) is 44.4 Å². The summed E-state index contributed by atoms with van der Waals surface area (Å²) in [5.41, 5.74) is 0.827. The van der Waals surface area contributed by atoms with Crippen LogP contribution in [0.25, 0.3) is 5.70 Å². The van der Waals surface area contributed by atoms with E-state index in [1.807, 2.05) is 19.0 Å². The van der Waals surface area contributed by atoms with E-state index in [0.717, 1.165) is 0 Å². The third-order valence-electron chi connectivity index (χ3n) is 5.36. The molecule has 0 atom stereocenters. The normalized spacial score (nSPS) is 11.1. The fourth-order valence-corrected chi connectivity index (χ4v) is 3.06. The topological polar surface area (TPSA) is 78.0 Å². The van der Waals surface area contributed by atoms with Gasteiger partial charge in [0.1, 0.15) is 23.8 Å². The highest BCUT2D eigenvalue weighted by Gasteiger charge is 2.16. The number of nitrogens with zero attached hydrogens (tertiary/aromatic N) is 2. The fraction of sp³-hybridized carbons (Fsp3) is 0.467. The van der Waals surface area contributed by atoms with Crippen LogP contribution in [0.1, 0.15) is 59.4 Å². The smallest absolute Gasteiger partial charge is 0.319 e. The zero-order valence-corrected chi connectivity index (χ0v) is 24.5. The first kappa shape index (κ1) is 33.6. The largest absolute Gasteiger partial charge is 0.492 e. The minimum Gasteiger partial charge on any atom is -0.492 e. The van der Waals surface area contributed by atoms with E-state index in [1.54, 1.807) is 43.5 Å². The number of rotatable bonds is 13. The van der Waals surface area contributed by atoms with Crippen LogP contribution in [-0.4, -0.2) is 56.6 Å². The van der Waals surface area contributed by atoms with E-state index in [2.05, 4.69) is 41.4 Å². The van der Waals surface area contributed by atoms with E-state index in [4.69, 9.17) is 4.74 Å². The minimum atomic E-state index is -1.34. The number of hydrogen-bond donors (Lipinski definition) is 3. The van der Waals surface area contributed by atoms with Crippen molar-refractivity contribution >= 4 is 35.0 Å². The molecule has 0 saturated carbocycles. The van der Waals surface area contributed by atoms with Crippen molar-refractivity contribution in [1.82, 2.24) is 10.2 Å². The van der Waals surface area contributed by atoms with Gasteiger partial charge in [-0.2, -0.15) is 0 Å². The van der Waals surface area contributed by atoms with Gasteiger partial charge in [0, 0.05) is 48.5 Å². The van der Waals surface area contributed by atoms with Crippen LogP contribution in [0.3, 0.4) is 0 Å². The number of likely N-dealkylation sites (N-methyl/N-ethyl adjacent to an activating group) is 1. The third-order valence-corrected chi connectivity index (χ3v) is 5.36. The average Bonchev–Trinajstić information content (AvgIpc) is 2.84. The lowest BCUT2D eigenvalue weighted by Crippen LogP contribution is -2.32. The van der Waals surface area contributed by atoms with Gasteiger partial charge in [0.2, 0.25) is 0 Å². The summed E-state index contributed by atoms with van der Waals surface area (Å²) in [5.74, 6) is -0.109. The van der Waals surface area contributed by atoms with Crippen LogP contribution in [0.5, 0.6) is 5.75 Å². The molecule has 0 aromatic heterocycles. The van der Waals surface area contributed by atoms with E-state index < -0.39 is 17.5 Å². The number of halogens is 2.